The van der Waals surface area contributed by atoms with Gasteiger partial charge in [-0.2, -0.15) is 0 Å². The van der Waals surface area contributed by atoms with Crippen molar-refractivity contribution in [2.24, 2.45) is 0 Å². The molecule has 102 valence electrons. The van der Waals surface area contributed by atoms with Crippen molar-refractivity contribution in [2.75, 3.05) is 6.54 Å². The number of rotatable bonds is 2. The van der Waals surface area contributed by atoms with E-state index in [1.54, 1.807) is 6.92 Å². The Morgan fingerprint density at radius 3 is 2.79 bits per heavy atom. The predicted octanol–water partition coefficient (Wildman–Crippen LogP) is 1.57. The number of nitrogens with zero attached hydrogens (tertiary/aromatic N) is 1. The minimum Gasteiger partial charge on any atom is -0.298 e. The standard InChI is InChI=1S/C12H11BrF2N2O2/c1-6-12(19)17(10(18)4-16-6)5-7-9(14)3-2-8(13)11(7)15/h2-3,6,16H,4-5H2,1H3. The van der Waals surface area contributed by atoms with Gasteiger partial charge in [-0.3, -0.25) is 19.8 Å². The molecule has 1 aliphatic heterocycles. The van der Waals surface area contributed by atoms with Crippen LogP contribution in [0, 0.1) is 11.6 Å². The van der Waals surface area contributed by atoms with Gasteiger partial charge in [-0.1, -0.05) is 0 Å². The van der Waals surface area contributed by atoms with Crippen LogP contribution in [-0.2, 0) is 16.1 Å². The van der Waals surface area contributed by atoms with Crippen LogP contribution in [0.5, 0.6) is 0 Å². The van der Waals surface area contributed by atoms with Crippen LogP contribution in [0.4, 0.5) is 8.78 Å². The first-order valence-corrected chi connectivity index (χ1v) is 6.41. The van der Waals surface area contributed by atoms with Gasteiger partial charge in [0.2, 0.25) is 11.8 Å². The largest absolute Gasteiger partial charge is 0.298 e. The monoisotopic (exact) mass is 332 g/mol. The van der Waals surface area contributed by atoms with Gasteiger partial charge in [0.05, 0.1) is 23.6 Å². The van der Waals surface area contributed by atoms with Crippen LogP contribution in [0.25, 0.3) is 0 Å². The number of halogens is 3. The Bertz CT molecular complexity index is 551. The summed E-state index contributed by atoms with van der Waals surface area (Å²) >= 11 is 2.94. The molecule has 19 heavy (non-hydrogen) atoms. The van der Waals surface area contributed by atoms with E-state index in [9.17, 15) is 18.4 Å². The number of nitrogens with one attached hydrogen (secondary N) is 1. The number of benzene rings is 1. The number of carbonyl (C=O) groups excluding carboxylic acids is 2. The molecule has 1 aromatic rings. The molecule has 1 N–H and O–H groups in total. The van der Waals surface area contributed by atoms with Crippen LogP contribution in [0.3, 0.4) is 0 Å². The summed E-state index contributed by atoms with van der Waals surface area (Å²) in [5, 5.41) is 2.70. The van der Waals surface area contributed by atoms with Gasteiger partial charge in [-0.05, 0) is 35.0 Å². The van der Waals surface area contributed by atoms with Crippen LogP contribution in [-0.4, -0.2) is 29.3 Å². The molecule has 1 heterocycles. The van der Waals surface area contributed by atoms with Crippen LogP contribution in [0.2, 0.25) is 0 Å². The van der Waals surface area contributed by atoms with E-state index < -0.39 is 36.0 Å². The molecule has 1 aromatic carbocycles. The maximum Gasteiger partial charge on any atom is 0.246 e. The molecule has 0 aromatic heterocycles. The molecule has 2 amide bonds. The third-order valence-corrected chi connectivity index (χ3v) is 3.56. The second-order valence-corrected chi connectivity index (χ2v) is 5.10. The maximum absolute atomic E-state index is 13.8. The maximum atomic E-state index is 13.8. The van der Waals surface area contributed by atoms with E-state index in [1.165, 1.54) is 6.07 Å². The van der Waals surface area contributed by atoms with Gasteiger partial charge < -0.3 is 0 Å². The zero-order chi connectivity index (χ0) is 14.2. The lowest BCUT2D eigenvalue weighted by Crippen LogP contribution is -2.56. The molecule has 1 saturated heterocycles. The second-order valence-electron chi connectivity index (χ2n) is 4.24. The van der Waals surface area contributed by atoms with Gasteiger partial charge in [-0.25, -0.2) is 8.78 Å². The van der Waals surface area contributed by atoms with Crippen molar-refractivity contribution in [3.05, 3.63) is 33.8 Å². The minimum absolute atomic E-state index is 0.0237. The van der Waals surface area contributed by atoms with E-state index in [4.69, 9.17) is 0 Å². The number of hydrogen-bond acceptors (Lipinski definition) is 3. The predicted molar refractivity (Wildman–Crippen MR) is 67.1 cm³/mol. The molecule has 1 unspecified atom stereocenters. The normalized spacial score (nSPS) is 20.0. The lowest BCUT2D eigenvalue weighted by Gasteiger charge is -2.30. The third kappa shape index (κ3) is 2.66. The summed E-state index contributed by atoms with van der Waals surface area (Å²) in [6, 6.07) is 1.78. The fourth-order valence-corrected chi connectivity index (χ4v) is 2.19. The highest BCUT2D eigenvalue weighted by molar-refractivity contribution is 9.10. The molecule has 0 aliphatic carbocycles. The van der Waals surface area contributed by atoms with E-state index in [2.05, 4.69) is 21.2 Å². The molecule has 1 atom stereocenters. The fourth-order valence-electron chi connectivity index (χ4n) is 1.82. The smallest absolute Gasteiger partial charge is 0.246 e. The number of imide groups is 1. The summed E-state index contributed by atoms with van der Waals surface area (Å²) in [7, 11) is 0. The van der Waals surface area contributed by atoms with Crippen molar-refractivity contribution in [1.29, 1.82) is 0 Å². The van der Waals surface area contributed by atoms with Crippen molar-refractivity contribution >= 4 is 27.7 Å². The molecule has 1 aliphatic rings. The Morgan fingerprint density at radius 2 is 2.11 bits per heavy atom. The summed E-state index contributed by atoms with van der Waals surface area (Å²) in [5.74, 6) is -2.57. The Hall–Kier alpha value is -1.34. The fraction of sp³-hybridized carbons (Fsp3) is 0.333. The Morgan fingerprint density at radius 1 is 1.42 bits per heavy atom. The lowest BCUT2D eigenvalue weighted by atomic mass is 10.1. The first kappa shape index (κ1) is 14.1. The number of hydrogen-bond donors (Lipinski definition) is 1. The van der Waals surface area contributed by atoms with Gasteiger partial charge in [0.1, 0.15) is 11.6 Å². The first-order chi connectivity index (χ1) is 8.91. The van der Waals surface area contributed by atoms with Crippen molar-refractivity contribution in [2.45, 2.75) is 19.5 Å². The van der Waals surface area contributed by atoms with Crippen LogP contribution >= 0.6 is 15.9 Å². The molecule has 0 radical (unpaired) electrons. The van der Waals surface area contributed by atoms with Crippen molar-refractivity contribution in [3.8, 4) is 0 Å². The molecule has 4 nitrogen and oxygen atoms in total. The molecular weight excluding hydrogens is 322 g/mol. The summed E-state index contributed by atoms with van der Waals surface area (Å²) in [4.78, 5) is 24.4. The Labute approximate surface area is 116 Å². The van der Waals surface area contributed by atoms with Crippen molar-refractivity contribution < 1.29 is 18.4 Å². The van der Waals surface area contributed by atoms with E-state index >= 15 is 0 Å². The SMILES string of the molecule is CC1NCC(=O)N(Cc2c(F)ccc(Br)c2F)C1=O. The van der Waals surface area contributed by atoms with Gasteiger partial charge >= 0.3 is 0 Å². The van der Waals surface area contributed by atoms with E-state index in [0.717, 1.165) is 11.0 Å². The Balaban J connectivity index is 2.32. The van der Waals surface area contributed by atoms with Crippen molar-refractivity contribution in [1.82, 2.24) is 10.2 Å². The second kappa shape index (κ2) is 5.34. The van der Waals surface area contributed by atoms with Gasteiger partial charge in [0, 0.05) is 5.56 Å². The van der Waals surface area contributed by atoms with Gasteiger partial charge in [0.15, 0.2) is 0 Å². The number of piperazine rings is 1. The minimum atomic E-state index is -0.799. The molecule has 0 spiro atoms. The molecular formula is C12H11BrF2N2O2. The molecule has 1 fully saturated rings. The molecule has 2 rings (SSSR count). The van der Waals surface area contributed by atoms with E-state index in [-0.39, 0.29) is 16.6 Å². The average molecular weight is 333 g/mol. The van der Waals surface area contributed by atoms with Crippen molar-refractivity contribution in [3.63, 3.8) is 0 Å². The number of carbonyl (C=O) groups is 2. The van der Waals surface area contributed by atoms with E-state index in [1.807, 2.05) is 0 Å². The molecule has 7 heteroatoms. The highest BCUT2D eigenvalue weighted by Gasteiger charge is 2.32. The van der Waals surface area contributed by atoms with Gasteiger partial charge in [-0.15, -0.1) is 0 Å². The quantitative estimate of drug-likeness (QED) is 0.660. The van der Waals surface area contributed by atoms with Crippen LogP contribution in [0.15, 0.2) is 16.6 Å². The topological polar surface area (TPSA) is 49.4 Å². The lowest BCUT2D eigenvalue weighted by molar-refractivity contribution is -0.149. The Kier molecular flexibility index (Phi) is 3.96. The summed E-state index contributed by atoms with van der Waals surface area (Å²) in [6.45, 7) is 1.17. The highest BCUT2D eigenvalue weighted by Crippen LogP contribution is 2.23. The summed E-state index contributed by atoms with van der Waals surface area (Å²) in [6.07, 6.45) is 0. The van der Waals surface area contributed by atoms with E-state index in [0.29, 0.717) is 0 Å². The van der Waals surface area contributed by atoms with Crippen LogP contribution < -0.4 is 5.32 Å². The third-order valence-electron chi connectivity index (χ3n) is 2.95. The average Bonchev–Trinajstić information content (AvgIpc) is 2.38. The molecule has 0 bridgehead atoms. The van der Waals surface area contributed by atoms with Crippen LogP contribution in [0.1, 0.15) is 12.5 Å². The van der Waals surface area contributed by atoms with Gasteiger partial charge in [0.25, 0.3) is 0 Å². The summed E-state index contributed by atoms with van der Waals surface area (Å²) < 4.78 is 27.5. The zero-order valence-electron chi connectivity index (χ0n) is 10.0. The first-order valence-electron chi connectivity index (χ1n) is 5.61. The molecule has 0 saturated carbocycles. The zero-order valence-corrected chi connectivity index (χ0v) is 11.6. The number of amides is 2. The summed E-state index contributed by atoms with van der Waals surface area (Å²) in [5.41, 5.74) is -0.301. The highest BCUT2D eigenvalue weighted by atomic mass is 79.9.